The van der Waals surface area contributed by atoms with E-state index in [9.17, 15) is 9.59 Å². The molecule has 0 radical (unpaired) electrons. The standard InChI is InChI=1S/C32H49N3O7/c1-32(2,3)42-31(37)35-18-6-20-39-24-25-40-22-7-21-38-19-5-17-34-28-12-8-26(9-13-28)30(36)27-10-14-29(15-11-27)41-23-4-16-33/h8-15,34H,4-7,16-25,33H2,1-3H3,(H,35,37). The third-order valence-corrected chi connectivity index (χ3v) is 5.76. The van der Waals surface area contributed by atoms with Crippen molar-refractivity contribution in [3.05, 3.63) is 59.7 Å². The Kier molecular flexibility index (Phi) is 17.2. The molecule has 2 rings (SSSR count). The molecular formula is C32H49N3O7. The van der Waals surface area contributed by atoms with Crippen molar-refractivity contribution in [3.63, 3.8) is 0 Å². The van der Waals surface area contributed by atoms with Gasteiger partial charge >= 0.3 is 6.09 Å². The highest BCUT2D eigenvalue weighted by atomic mass is 16.6. The van der Waals surface area contributed by atoms with Gasteiger partial charge in [-0.15, -0.1) is 0 Å². The van der Waals surface area contributed by atoms with Crippen molar-refractivity contribution in [1.82, 2.24) is 5.32 Å². The Labute approximate surface area is 250 Å². The van der Waals surface area contributed by atoms with Gasteiger partial charge in [-0.3, -0.25) is 4.79 Å². The van der Waals surface area contributed by atoms with Crippen LogP contribution >= 0.6 is 0 Å². The van der Waals surface area contributed by atoms with Crippen LogP contribution in [0.15, 0.2) is 48.5 Å². The lowest BCUT2D eigenvalue weighted by Gasteiger charge is -2.19. The Morgan fingerprint density at radius 1 is 0.690 bits per heavy atom. The fourth-order valence-electron chi connectivity index (χ4n) is 3.65. The molecule has 0 heterocycles. The molecule has 0 fully saturated rings. The van der Waals surface area contributed by atoms with Gasteiger partial charge in [0.2, 0.25) is 0 Å². The van der Waals surface area contributed by atoms with Gasteiger partial charge in [-0.2, -0.15) is 0 Å². The number of alkyl carbamates (subject to hydrolysis) is 1. The van der Waals surface area contributed by atoms with Crippen molar-refractivity contribution in [3.8, 4) is 5.75 Å². The van der Waals surface area contributed by atoms with Crippen LogP contribution in [-0.4, -0.2) is 83.4 Å². The summed E-state index contributed by atoms with van der Waals surface area (Å²) in [6.45, 7) is 11.5. The first-order chi connectivity index (χ1) is 20.3. The first kappa shape index (κ1) is 35.0. The van der Waals surface area contributed by atoms with Gasteiger partial charge in [0.25, 0.3) is 0 Å². The monoisotopic (exact) mass is 587 g/mol. The molecule has 0 spiro atoms. The normalized spacial score (nSPS) is 11.2. The maximum Gasteiger partial charge on any atom is 0.407 e. The molecule has 0 aromatic heterocycles. The molecule has 42 heavy (non-hydrogen) atoms. The second-order valence-corrected chi connectivity index (χ2v) is 10.7. The molecule has 0 aliphatic carbocycles. The number of hydrogen-bond donors (Lipinski definition) is 3. The molecule has 1 amide bonds. The number of nitrogens with two attached hydrogens (primary N) is 1. The number of anilines is 1. The average molecular weight is 588 g/mol. The first-order valence-electron chi connectivity index (χ1n) is 14.8. The number of hydrogen-bond acceptors (Lipinski definition) is 9. The van der Waals surface area contributed by atoms with Crippen molar-refractivity contribution in [2.75, 3.05) is 71.2 Å². The number of amides is 1. The van der Waals surface area contributed by atoms with Gasteiger partial charge in [0.05, 0.1) is 19.8 Å². The minimum Gasteiger partial charge on any atom is -0.494 e. The van der Waals surface area contributed by atoms with Crippen molar-refractivity contribution in [2.45, 2.75) is 52.1 Å². The van der Waals surface area contributed by atoms with Gasteiger partial charge in [0.15, 0.2) is 5.78 Å². The molecule has 234 valence electrons. The Morgan fingerprint density at radius 2 is 1.24 bits per heavy atom. The Balaban J connectivity index is 1.42. The maximum atomic E-state index is 12.8. The number of carbonyl (C=O) groups is 2. The smallest absolute Gasteiger partial charge is 0.407 e. The van der Waals surface area contributed by atoms with Crippen LogP contribution in [0.5, 0.6) is 5.75 Å². The van der Waals surface area contributed by atoms with Crippen LogP contribution < -0.4 is 21.1 Å². The third-order valence-electron chi connectivity index (χ3n) is 5.76. The number of ketones is 1. The van der Waals surface area contributed by atoms with Crippen molar-refractivity contribution in [1.29, 1.82) is 0 Å². The molecule has 10 nitrogen and oxygen atoms in total. The lowest BCUT2D eigenvalue weighted by molar-refractivity contribution is 0.0338. The van der Waals surface area contributed by atoms with Crippen LogP contribution in [0.4, 0.5) is 10.5 Å². The highest BCUT2D eigenvalue weighted by molar-refractivity contribution is 6.09. The summed E-state index contributed by atoms with van der Waals surface area (Å²) in [6, 6.07) is 14.7. The number of nitrogens with one attached hydrogen (secondary N) is 2. The second kappa shape index (κ2) is 20.7. The molecule has 0 saturated heterocycles. The summed E-state index contributed by atoms with van der Waals surface area (Å²) in [5.41, 5.74) is 7.22. The van der Waals surface area contributed by atoms with E-state index in [2.05, 4.69) is 10.6 Å². The van der Waals surface area contributed by atoms with Gasteiger partial charge in [0.1, 0.15) is 11.4 Å². The summed E-state index contributed by atoms with van der Waals surface area (Å²) in [4.78, 5) is 24.3. The summed E-state index contributed by atoms with van der Waals surface area (Å²) in [6.07, 6.45) is 2.80. The van der Waals surface area contributed by atoms with Crippen molar-refractivity contribution < 1.29 is 33.3 Å². The van der Waals surface area contributed by atoms with Crippen LogP contribution in [-0.2, 0) is 18.9 Å². The molecule has 0 saturated carbocycles. The van der Waals surface area contributed by atoms with E-state index < -0.39 is 11.7 Å². The number of benzene rings is 2. The van der Waals surface area contributed by atoms with Gasteiger partial charge < -0.3 is 40.1 Å². The van der Waals surface area contributed by atoms with Crippen LogP contribution in [0.2, 0.25) is 0 Å². The molecule has 0 aliphatic rings. The summed E-state index contributed by atoms with van der Waals surface area (Å²) in [5, 5.41) is 6.06. The zero-order valence-electron chi connectivity index (χ0n) is 25.5. The van der Waals surface area contributed by atoms with Gasteiger partial charge in [-0.1, -0.05) is 0 Å². The molecule has 0 bridgehead atoms. The predicted molar refractivity (Wildman–Crippen MR) is 165 cm³/mol. The highest BCUT2D eigenvalue weighted by Crippen LogP contribution is 2.17. The fraction of sp³-hybridized carbons (Fsp3) is 0.562. The average Bonchev–Trinajstić information content (AvgIpc) is 2.96. The third kappa shape index (κ3) is 16.3. The quantitative estimate of drug-likeness (QED) is 0.131. The van der Waals surface area contributed by atoms with Crippen molar-refractivity contribution in [2.24, 2.45) is 5.73 Å². The fourth-order valence-corrected chi connectivity index (χ4v) is 3.65. The summed E-state index contributed by atoms with van der Waals surface area (Å²) < 4.78 is 27.5. The van der Waals surface area contributed by atoms with E-state index in [1.807, 2.05) is 57.2 Å². The van der Waals surface area contributed by atoms with Gasteiger partial charge in [-0.05, 0) is 102 Å². The highest BCUT2D eigenvalue weighted by Gasteiger charge is 2.15. The molecule has 10 heteroatoms. The van der Waals surface area contributed by atoms with E-state index in [-0.39, 0.29) is 5.78 Å². The lowest BCUT2D eigenvalue weighted by Crippen LogP contribution is -2.33. The summed E-state index contributed by atoms with van der Waals surface area (Å²) >= 11 is 0. The zero-order valence-corrected chi connectivity index (χ0v) is 25.5. The summed E-state index contributed by atoms with van der Waals surface area (Å²) in [7, 11) is 0. The largest absolute Gasteiger partial charge is 0.494 e. The Bertz CT molecular complexity index is 1010. The Morgan fingerprint density at radius 3 is 1.83 bits per heavy atom. The topological polar surface area (TPSA) is 130 Å². The van der Waals surface area contributed by atoms with Gasteiger partial charge in [0, 0.05) is 56.3 Å². The minimum absolute atomic E-state index is 0.0235. The predicted octanol–water partition coefficient (Wildman–Crippen LogP) is 4.80. The van der Waals surface area contributed by atoms with E-state index in [0.29, 0.717) is 70.5 Å². The molecule has 2 aromatic carbocycles. The number of ether oxygens (including phenoxy) is 5. The van der Waals surface area contributed by atoms with Crippen LogP contribution in [0.3, 0.4) is 0 Å². The molecular weight excluding hydrogens is 538 g/mol. The van der Waals surface area contributed by atoms with Crippen LogP contribution in [0.1, 0.15) is 62.4 Å². The van der Waals surface area contributed by atoms with E-state index in [1.165, 1.54) is 0 Å². The molecule has 2 aromatic rings. The number of rotatable bonds is 22. The minimum atomic E-state index is -0.490. The van der Waals surface area contributed by atoms with Crippen molar-refractivity contribution >= 4 is 17.6 Å². The Hall–Kier alpha value is -3.18. The summed E-state index contributed by atoms with van der Waals surface area (Å²) in [5.74, 6) is 0.711. The SMILES string of the molecule is CC(C)(C)OC(=O)NCCCOCCOCCCOCCCNc1ccc(C(=O)c2ccc(OCCCN)cc2)cc1. The number of carbonyl (C=O) groups excluding carboxylic acids is 2. The maximum absolute atomic E-state index is 12.8. The van der Waals surface area contributed by atoms with Crippen LogP contribution in [0.25, 0.3) is 0 Å². The van der Waals surface area contributed by atoms with E-state index in [0.717, 1.165) is 43.7 Å². The van der Waals surface area contributed by atoms with E-state index in [1.54, 1.807) is 12.1 Å². The molecule has 0 atom stereocenters. The van der Waals surface area contributed by atoms with E-state index in [4.69, 9.17) is 29.4 Å². The molecule has 0 aliphatic heterocycles. The van der Waals surface area contributed by atoms with E-state index >= 15 is 0 Å². The molecule has 0 unspecified atom stereocenters. The second-order valence-electron chi connectivity index (χ2n) is 10.7. The van der Waals surface area contributed by atoms with Crippen LogP contribution in [0, 0.1) is 0 Å². The molecule has 4 N–H and O–H groups in total. The lowest BCUT2D eigenvalue weighted by atomic mass is 10.0. The zero-order chi connectivity index (χ0) is 30.5. The van der Waals surface area contributed by atoms with Gasteiger partial charge in [-0.25, -0.2) is 4.79 Å². The first-order valence-corrected chi connectivity index (χ1v) is 14.8.